The number of nitrogens with zero attached hydrogens (tertiary/aromatic N) is 3. The Kier molecular flexibility index (Phi) is 11.1. The number of piperidine rings is 1. The van der Waals surface area contributed by atoms with E-state index in [0.29, 0.717) is 6.04 Å². The molecule has 2 heterocycles. The Morgan fingerprint density at radius 2 is 1.52 bits per heavy atom. The zero-order chi connectivity index (χ0) is 17.1. The lowest BCUT2D eigenvalue weighted by atomic mass is 9.94. The van der Waals surface area contributed by atoms with Crippen molar-refractivity contribution in [1.82, 2.24) is 14.7 Å². The fourth-order valence-electron chi connectivity index (χ4n) is 3.40. The van der Waals surface area contributed by atoms with Gasteiger partial charge in [-0.15, -0.1) is 0 Å². The van der Waals surface area contributed by atoms with Crippen LogP contribution in [0.25, 0.3) is 0 Å². The maximum Gasteiger partial charge on any atom is 0.0593 e. The van der Waals surface area contributed by atoms with Gasteiger partial charge in [-0.25, -0.2) is 0 Å². The summed E-state index contributed by atoms with van der Waals surface area (Å²) in [5.74, 6) is 0.899. The lowest BCUT2D eigenvalue weighted by Gasteiger charge is -2.36. The summed E-state index contributed by atoms with van der Waals surface area (Å²) < 4.78 is 5.87. The first-order valence-electron chi connectivity index (χ1n) is 9.88. The molecule has 23 heavy (non-hydrogen) atoms. The Hall–Kier alpha value is -0.160. The molecule has 4 nitrogen and oxygen atoms in total. The SMILES string of the molecule is CC.CC(C)N1CCN(CCOCCC2CCN(C)CC2)CC1. The van der Waals surface area contributed by atoms with Crippen LogP contribution >= 0.6 is 0 Å². The van der Waals surface area contributed by atoms with Crippen LogP contribution in [-0.4, -0.2) is 86.8 Å². The molecule has 0 aromatic rings. The van der Waals surface area contributed by atoms with Crippen molar-refractivity contribution in [2.45, 2.75) is 53.0 Å². The summed E-state index contributed by atoms with van der Waals surface area (Å²) in [5.41, 5.74) is 0. The van der Waals surface area contributed by atoms with Crippen molar-refractivity contribution < 1.29 is 4.74 Å². The first-order chi connectivity index (χ1) is 11.1. The Labute approximate surface area is 145 Å². The standard InChI is InChI=1S/C17H35N3O.C2H6/c1-16(2)20-11-9-19(10-12-20)13-15-21-14-6-17-4-7-18(3)8-5-17;1-2/h16-17H,4-15H2,1-3H3;1-2H3. The van der Waals surface area contributed by atoms with Gasteiger partial charge >= 0.3 is 0 Å². The van der Waals surface area contributed by atoms with Crippen LogP contribution in [0.5, 0.6) is 0 Å². The van der Waals surface area contributed by atoms with Gasteiger partial charge in [-0.2, -0.15) is 0 Å². The molecule has 2 aliphatic rings. The second-order valence-corrected chi connectivity index (χ2v) is 7.12. The van der Waals surface area contributed by atoms with Gasteiger partial charge in [0.25, 0.3) is 0 Å². The molecule has 2 aliphatic heterocycles. The Morgan fingerprint density at radius 3 is 2.09 bits per heavy atom. The third-order valence-electron chi connectivity index (χ3n) is 5.20. The lowest BCUT2D eigenvalue weighted by Crippen LogP contribution is -2.49. The van der Waals surface area contributed by atoms with Crippen molar-refractivity contribution in [3.05, 3.63) is 0 Å². The van der Waals surface area contributed by atoms with E-state index in [2.05, 4.69) is 35.6 Å². The van der Waals surface area contributed by atoms with E-state index < -0.39 is 0 Å². The third kappa shape index (κ3) is 8.48. The van der Waals surface area contributed by atoms with Crippen LogP contribution in [0.1, 0.15) is 47.0 Å². The molecule has 0 unspecified atom stereocenters. The molecule has 0 aromatic heterocycles. The summed E-state index contributed by atoms with van der Waals surface area (Å²) >= 11 is 0. The number of piperazine rings is 1. The van der Waals surface area contributed by atoms with Gasteiger partial charge in [0.1, 0.15) is 0 Å². The highest BCUT2D eigenvalue weighted by atomic mass is 16.5. The number of ether oxygens (including phenoxy) is 1. The molecular weight excluding hydrogens is 286 g/mol. The minimum Gasteiger partial charge on any atom is -0.380 e. The van der Waals surface area contributed by atoms with Gasteiger partial charge in [0.15, 0.2) is 0 Å². The van der Waals surface area contributed by atoms with Crippen molar-refractivity contribution in [2.24, 2.45) is 5.92 Å². The van der Waals surface area contributed by atoms with E-state index in [-0.39, 0.29) is 0 Å². The molecule has 0 amide bonds. The fraction of sp³-hybridized carbons (Fsp3) is 1.00. The highest BCUT2D eigenvalue weighted by molar-refractivity contribution is 4.74. The zero-order valence-corrected chi connectivity index (χ0v) is 16.4. The van der Waals surface area contributed by atoms with Crippen molar-refractivity contribution >= 4 is 0 Å². The molecular formula is C19H41N3O. The number of likely N-dealkylation sites (tertiary alicyclic amines) is 1. The molecule has 2 fully saturated rings. The maximum absolute atomic E-state index is 5.87. The predicted octanol–water partition coefficient (Wildman–Crippen LogP) is 2.79. The maximum atomic E-state index is 5.87. The quantitative estimate of drug-likeness (QED) is 0.669. The monoisotopic (exact) mass is 327 g/mol. The molecule has 0 saturated carbocycles. The minimum atomic E-state index is 0.693. The molecule has 0 aliphatic carbocycles. The summed E-state index contributed by atoms with van der Waals surface area (Å²) in [6, 6.07) is 0.693. The van der Waals surface area contributed by atoms with E-state index in [0.717, 1.165) is 25.7 Å². The van der Waals surface area contributed by atoms with Crippen molar-refractivity contribution in [3.63, 3.8) is 0 Å². The third-order valence-corrected chi connectivity index (χ3v) is 5.20. The van der Waals surface area contributed by atoms with Gasteiger partial charge in [0, 0.05) is 45.4 Å². The first-order valence-corrected chi connectivity index (χ1v) is 9.88. The molecule has 2 saturated heterocycles. The summed E-state index contributed by atoms with van der Waals surface area (Å²) in [6.07, 6.45) is 3.98. The molecule has 0 atom stereocenters. The Balaban J connectivity index is 0.00000127. The highest BCUT2D eigenvalue weighted by Gasteiger charge is 2.18. The van der Waals surface area contributed by atoms with Crippen LogP contribution in [-0.2, 0) is 4.74 Å². The van der Waals surface area contributed by atoms with Crippen LogP contribution in [0.4, 0.5) is 0 Å². The van der Waals surface area contributed by atoms with E-state index in [1.54, 1.807) is 0 Å². The minimum absolute atomic E-state index is 0.693. The Morgan fingerprint density at radius 1 is 0.913 bits per heavy atom. The molecule has 138 valence electrons. The van der Waals surface area contributed by atoms with E-state index in [1.165, 1.54) is 58.5 Å². The van der Waals surface area contributed by atoms with Gasteiger partial charge in [0.05, 0.1) is 6.61 Å². The summed E-state index contributed by atoms with van der Waals surface area (Å²) in [4.78, 5) is 7.56. The highest BCUT2D eigenvalue weighted by Crippen LogP contribution is 2.19. The van der Waals surface area contributed by atoms with Crippen molar-refractivity contribution in [3.8, 4) is 0 Å². The first kappa shape index (κ1) is 20.9. The second kappa shape index (κ2) is 12.2. The number of rotatable bonds is 7. The predicted molar refractivity (Wildman–Crippen MR) is 100 cm³/mol. The fourth-order valence-corrected chi connectivity index (χ4v) is 3.40. The van der Waals surface area contributed by atoms with Crippen LogP contribution in [0, 0.1) is 5.92 Å². The van der Waals surface area contributed by atoms with E-state index in [9.17, 15) is 0 Å². The topological polar surface area (TPSA) is 19.0 Å². The average Bonchev–Trinajstić information content (AvgIpc) is 2.58. The molecule has 0 spiro atoms. The Bertz CT molecular complexity index is 270. The van der Waals surface area contributed by atoms with Crippen LogP contribution in [0.3, 0.4) is 0 Å². The van der Waals surface area contributed by atoms with E-state index in [1.807, 2.05) is 13.8 Å². The second-order valence-electron chi connectivity index (χ2n) is 7.12. The smallest absolute Gasteiger partial charge is 0.0593 e. The molecule has 0 bridgehead atoms. The molecule has 0 aromatic carbocycles. The van der Waals surface area contributed by atoms with Crippen LogP contribution < -0.4 is 0 Å². The summed E-state index contributed by atoms with van der Waals surface area (Å²) in [6.45, 7) is 18.9. The molecule has 4 heteroatoms. The largest absolute Gasteiger partial charge is 0.380 e. The number of hydrogen-bond donors (Lipinski definition) is 0. The van der Waals surface area contributed by atoms with Gasteiger partial charge in [0.2, 0.25) is 0 Å². The van der Waals surface area contributed by atoms with Gasteiger partial charge < -0.3 is 9.64 Å². The number of hydrogen-bond acceptors (Lipinski definition) is 4. The summed E-state index contributed by atoms with van der Waals surface area (Å²) in [7, 11) is 2.23. The van der Waals surface area contributed by atoms with Crippen LogP contribution in [0.15, 0.2) is 0 Å². The van der Waals surface area contributed by atoms with Gasteiger partial charge in [-0.05, 0) is 59.2 Å². The zero-order valence-electron chi connectivity index (χ0n) is 16.4. The molecule has 0 radical (unpaired) electrons. The normalized spacial score (nSPS) is 22.2. The van der Waals surface area contributed by atoms with Crippen molar-refractivity contribution in [2.75, 3.05) is 66.1 Å². The van der Waals surface area contributed by atoms with Gasteiger partial charge in [-0.1, -0.05) is 13.8 Å². The average molecular weight is 328 g/mol. The van der Waals surface area contributed by atoms with Crippen molar-refractivity contribution in [1.29, 1.82) is 0 Å². The van der Waals surface area contributed by atoms with E-state index in [4.69, 9.17) is 4.74 Å². The van der Waals surface area contributed by atoms with Crippen LogP contribution in [0.2, 0.25) is 0 Å². The van der Waals surface area contributed by atoms with E-state index >= 15 is 0 Å². The molecule has 2 rings (SSSR count). The molecule has 0 N–H and O–H groups in total. The summed E-state index contributed by atoms with van der Waals surface area (Å²) in [5, 5.41) is 0. The van der Waals surface area contributed by atoms with Gasteiger partial charge in [-0.3, -0.25) is 9.80 Å². The lowest BCUT2D eigenvalue weighted by molar-refractivity contribution is 0.0586.